The number of carboxylic acids is 4. The van der Waals surface area contributed by atoms with E-state index in [0.717, 1.165) is 27.7 Å². The van der Waals surface area contributed by atoms with E-state index in [1.807, 2.05) is 0 Å². The summed E-state index contributed by atoms with van der Waals surface area (Å²) in [6.07, 6.45) is 0. The molecule has 0 bridgehead atoms. The Bertz CT molecular complexity index is 162. The minimum Gasteiger partial charge on any atom is -0.481 e. The Kier molecular flexibility index (Phi) is 41.7. The standard InChI is InChI=1S/4C2H4O2.Zn/c4*1-2(3)4;/h4*1H3,(H,3,4);. The van der Waals surface area contributed by atoms with Crippen LogP contribution in [0.4, 0.5) is 0 Å². The zero-order chi connectivity index (χ0) is 14.3. The van der Waals surface area contributed by atoms with Gasteiger partial charge in [0.25, 0.3) is 23.9 Å². The van der Waals surface area contributed by atoms with Gasteiger partial charge in [-0.2, -0.15) is 0 Å². The third kappa shape index (κ3) is 1010. The van der Waals surface area contributed by atoms with Crippen LogP contribution in [-0.4, -0.2) is 44.3 Å². The van der Waals surface area contributed by atoms with Crippen molar-refractivity contribution in [3.63, 3.8) is 0 Å². The molecule has 9 heteroatoms. The molecule has 0 fully saturated rings. The zero-order valence-electron chi connectivity index (χ0n) is 10.1. The second-order valence-electron chi connectivity index (χ2n) is 2.08. The van der Waals surface area contributed by atoms with Crippen LogP contribution in [0.3, 0.4) is 0 Å². The van der Waals surface area contributed by atoms with Gasteiger partial charge in [-0.25, -0.2) is 0 Å². The molecule has 0 aromatic rings. The molecule has 0 rings (SSSR count). The van der Waals surface area contributed by atoms with E-state index in [4.69, 9.17) is 39.6 Å². The molecule has 0 aliphatic rings. The average Bonchev–Trinajstić information content (AvgIpc) is 1.76. The number of carbonyl (C=O) groups is 4. The van der Waals surface area contributed by atoms with Crippen molar-refractivity contribution in [2.24, 2.45) is 0 Å². The fourth-order valence-corrected chi connectivity index (χ4v) is 0. The molecule has 0 radical (unpaired) electrons. The van der Waals surface area contributed by atoms with Gasteiger partial charge in [0.1, 0.15) is 0 Å². The fraction of sp³-hybridized carbons (Fsp3) is 0.500. The normalized spacial score (nSPS) is 5.88. The SMILES string of the molecule is CC(=O)O.CC(=O)O.CC(=O)O.CC(=O)O.[Zn]. The molecule has 0 spiro atoms. The van der Waals surface area contributed by atoms with Crippen LogP contribution in [-0.2, 0) is 38.7 Å². The van der Waals surface area contributed by atoms with Crippen molar-refractivity contribution < 1.29 is 59.1 Å². The monoisotopic (exact) mass is 304 g/mol. The largest absolute Gasteiger partial charge is 0.481 e. The number of rotatable bonds is 0. The van der Waals surface area contributed by atoms with Crippen molar-refractivity contribution in [2.75, 3.05) is 0 Å². The Morgan fingerprint density at radius 1 is 0.529 bits per heavy atom. The summed E-state index contributed by atoms with van der Waals surface area (Å²) in [5.74, 6) is -3.33. The molecule has 0 amide bonds. The molecule has 0 atom stereocenters. The van der Waals surface area contributed by atoms with Crippen molar-refractivity contribution in [1.82, 2.24) is 0 Å². The van der Waals surface area contributed by atoms with E-state index in [-0.39, 0.29) is 19.5 Å². The third-order valence-electron chi connectivity index (χ3n) is 0. The summed E-state index contributed by atoms with van der Waals surface area (Å²) in [5.41, 5.74) is 0. The van der Waals surface area contributed by atoms with E-state index < -0.39 is 23.9 Å². The second kappa shape index (κ2) is 24.0. The molecular formula is C8H16O8Zn. The molecule has 0 unspecified atom stereocenters. The number of hydrogen-bond donors (Lipinski definition) is 4. The van der Waals surface area contributed by atoms with Gasteiger partial charge in [0.15, 0.2) is 0 Å². The van der Waals surface area contributed by atoms with E-state index in [0.29, 0.717) is 0 Å². The average molecular weight is 306 g/mol. The Morgan fingerprint density at radius 2 is 0.529 bits per heavy atom. The summed E-state index contributed by atoms with van der Waals surface area (Å²) in [7, 11) is 0. The smallest absolute Gasteiger partial charge is 0.300 e. The summed E-state index contributed by atoms with van der Waals surface area (Å²) in [6, 6.07) is 0. The van der Waals surface area contributed by atoms with Crippen LogP contribution in [0.25, 0.3) is 0 Å². The predicted molar refractivity (Wildman–Crippen MR) is 53.2 cm³/mol. The van der Waals surface area contributed by atoms with Crippen LogP contribution in [0.1, 0.15) is 27.7 Å². The molecule has 0 aromatic carbocycles. The van der Waals surface area contributed by atoms with E-state index in [1.54, 1.807) is 0 Å². The fourth-order valence-electron chi connectivity index (χ4n) is 0. The van der Waals surface area contributed by atoms with E-state index in [9.17, 15) is 0 Å². The Morgan fingerprint density at radius 3 is 0.529 bits per heavy atom. The topological polar surface area (TPSA) is 149 Å². The minimum atomic E-state index is -0.833. The first-order valence-corrected chi connectivity index (χ1v) is 3.71. The van der Waals surface area contributed by atoms with Gasteiger partial charge in [-0.15, -0.1) is 0 Å². The summed E-state index contributed by atoms with van der Waals surface area (Å²) in [5, 5.41) is 29.7. The number of aliphatic carboxylic acids is 4. The van der Waals surface area contributed by atoms with Crippen LogP contribution >= 0.6 is 0 Å². The first kappa shape index (κ1) is 29.6. The quantitative estimate of drug-likeness (QED) is 0.469. The molecule has 98 valence electrons. The van der Waals surface area contributed by atoms with Gasteiger partial charge in [-0.1, -0.05) is 0 Å². The van der Waals surface area contributed by atoms with Crippen LogP contribution in [0.2, 0.25) is 0 Å². The molecule has 0 saturated carbocycles. The molecule has 0 aliphatic carbocycles. The minimum absolute atomic E-state index is 0. The van der Waals surface area contributed by atoms with E-state index in [1.165, 1.54) is 0 Å². The van der Waals surface area contributed by atoms with E-state index in [2.05, 4.69) is 0 Å². The molecule has 4 N–H and O–H groups in total. The molecule has 8 nitrogen and oxygen atoms in total. The van der Waals surface area contributed by atoms with Crippen molar-refractivity contribution in [3.05, 3.63) is 0 Å². The Labute approximate surface area is 111 Å². The number of carboxylic acid groups (broad SMARTS) is 4. The second-order valence-corrected chi connectivity index (χ2v) is 2.08. The maximum absolute atomic E-state index is 9.00. The maximum atomic E-state index is 9.00. The first-order valence-electron chi connectivity index (χ1n) is 3.71. The van der Waals surface area contributed by atoms with Crippen LogP contribution < -0.4 is 0 Å². The van der Waals surface area contributed by atoms with Crippen LogP contribution in [0.5, 0.6) is 0 Å². The first-order chi connectivity index (χ1) is 6.93. The number of hydrogen-bond acceptors (Lipinski definition) is 4. The van der Waals surface area contributed by atoms with Gasteiger partial charge in [0.05, 0.1) is 0 Å². The van der Waals surface area contributed by atoms with Crippen LogP contribution in [0, 0.1) is 0 Å². The van der Waals surface area contributed by atoms with Gasteiger partial charge in [0, 0.05) is 47.2 Å². The van der Waals surface area contributed by atoms with Crippen molar-refractivity contribution in [3.8, 4) is 0 Å². The zero-order valence-corrected chi connectivity index (χ0v) is 13.1. The van der Waals surface area contributed by atoms with Crippen molar-refractivity contribution in [2.45, 2.75) is 27.7 Å². The van der Waals surface area contributed by atoms with Crippen molar-refractivity contribution >= 4 is 23.9 Å². The molecular weight excluding hydrogens is 289 g/mol. The van der Waals surface area contributed by atoms with Gasteiger partial charge in [-0.3, -0.25) is 19.2 Å². The van der Waals surface area contributed by atoms with E-state index >= 15 is 0 Å². The Hall–Kier alpha value is -1.50. The third-order valence-corrected chi connectivity index (χ3v) is 0. The Balaban J connectivity index is -0.0000000369. The molecule has 0 aliphatic heterocycles. The molecule has 17 heavy (non-hydrogen) atoms. The van der Waals surface area contributed by atoms with Crippen LogP contribution in [0.15, 0.2) is 0 Å². The van der Waals surface area contributed by atoms with Gasteiger partial charge in [0.2, 0.25) is 0 Å². The van der Waals surface area contributed by atoms with Gasteiger partial charge in [-0.05, 0) is 0 Å². The van der Waals surface area contributed by atoms with Gasteiger partial charge < -0.3 is 20.4 Å². The molecule has 0 heterocycles. The molecule has 0 saturated heterocycles. The molecule has 0 aromatic heterocycles. The van der Waals surface area contributed by atoms with Crippen molar-refractivity contribution in [1.29, 1.82) is 0 Å². The summed E-state index contributed by atoms with van der Waals surface area (Å²) >= 11 is 0. The predicted octanol–water partition coefficient (Wildman–Crippen LogP) is 0.361. The summed E-state index contributed by atoms with van der Waals surface area (Å²) in [6.45, 7) is 4.33. The maximum Gasteiger partial charge on any atom is 0.300 e. The van der Waals surface area contributed by atoms with Gasteiger partial charge >= 0.3 is 0 Å². The summed E-state index contributed by atoms with van der Waals surface area (Å²) in [4.78, 5) is 36.0. The summed E-state index contributed by atoms with van der Waals surface area (Å²) < 4.78 is 0.